The third-order valence-electron chi connectivity index (χ3n) is 1.86. The van der Waals surface area contributed by atoms with E-state index in [0.29, 0.717) is 5.75 Å². The molecule has 0 spiro atoms. The van der Waals surface area contributed by atoms with Crippen LogP contribution in [0.3, 0.4) is 0 Å². The molecule has 0 aliphatic rings. The Balaban J connectivity index is 0.00000225. The van der Waals surface area contributed by atoms with Gasteiger partial charge < -0.3 is 12.9 Å². The van der Waals surface area contributed by atoms with Crippen molar-refractivity contribution in [2.45, 2.75) is 19.6 Å². The molecule has 0 N–H and O–H groups in total. The van der Waals surface area contributed by atoms with Crippen molar-refractivity contribution >= 4 is 18.7 Å². The van der Waals surface area contributed by atoms with E-state index in [2.05, 4.69) is 0 Å². The summed E-state index contributed by atoms with van der Waals surface area (Å²) in [6, 6.07) is 5.88. The number of aryl methyl sites for hydroxylation is 2. The van der Waals surface area contributed by atoms with Crippen molar-refractivity contribution in [3.8, 4) is 0 Å². The van der Waals surface area contributed by atoms with Crippen LogP contribution < -0.4 is 51.4 Å². The molecule has 1 rings (SSSR count). The Hall–Kier alpha value is 1.06. The SMILES string of the molecule is Cc1cc(C)cc(CSC[B-](F)(F)F)c1.[K+]. The summed E-state index contributed by atoms with van der Waals surface area (Å²) in [6.45, 7) is -0.749. The second-order valence-corrected chi connectivity index (χ2v) is 4.75. The van der Waals surface area contributed by atoms with Gasteiger partial charge in [-0.15, -0.1) is 0 Å². The molecule has 0 aliphatic carbocycles. The smallest absolute Gasteiger partial charge is 0.448 e. The summed E-state index contributed by atoms with van der Waals surface area (Å²) in [5.74, 6) is 0.434. The van der Waals surface area contributed by atoms with Crippen LogP contribution in [0.2, 0.25) is 0 Å². The van der Waals surface area contributed by atoms with E-state index in [1.54, 1.807) is 0 Å². The molecule has 1 aromatic rings. The van der Waals surface area contributed by atoms with E-state index in [1.807, 2.05) is 32.0 Å². The Morgan fingerprint density at radius 1 is 1.06 bits per heavy atom. The van der Waals surface area contributed by atoms with Crippen molar-refractivity contribution in [3.63, 3.8) is 0 Å². The number of rotatable bonds is 4. The molecule has 0 radical (unpaired) electrons. The maximum atomic E-state index is 12.0. The van der Waals surface area contributed by atoms with Gasteiger partial charge in [-0.05, 0) is 25.1 Å². The second-order valence-electron chi connectivity index (χ2n) is 3.72. The van der Waals surface area contributed by atoms with Gasteiger partial charge in [0.2, 0.25) is 0 Å². The molecular formula is C10H13BF3KS. The van der Waals surface area contributed by atoms with E-state index in [0.717, 1.165) is 28.5 Å². The first-order chi connectivity index (χ1) is 6.87. The summed E-state index contributed by atoms with van der Waals surface area (Å²) in [6.07, 6.45) is 0. The number of hydrogen-bond donors (Lipinski definition) is 0. The first-order valence-electron chi connectivity index (χ1n) is 4.73. The summed E-state index contributed by atoms with van der Waals surface area (Å²) in [4.78, 5) is 0. The van der Waals surface area contributed by atoms with Crippen molar-refractivity contribution < 1.29 is 64.3 Å². The van der Waals surface area contributed by atoms with Crippen LogP contribution >= 0.6 is 11.8 Å². The first-order valence-corrected chi connectivity index (χ1v) is 5.88. The maximum Gasteiger partial charge on any atom is 1.00 e. The Labute approximate surface area is 141 Å². The molecular weight excluding hydrogens is 259 g/mol. The fourth-order valence-electron chi connectivity index (χ4n) is 1.46. The van der Waals surface area contributed by atoms with Crippen molar-refractivity contribution in [1.29, 1.82) is 0 Å². The van der Waals surface area contributed by atoms with E-state index in [9.17, 15) is 12.9 Å². The minimum atomic E-state index is -4.66. The molecule has 6 heteroatoms. The van der Waals surface area contributed by atoms with Crippen molar-refractivity contribution in [2.24, 2.45) is 0 Å². The predicted molar refractivity (Wildman–Crippen MR) is 61.2 cm³/mol. The number of hydrogen-bond acceptors (Lipinski definition) is 1. The summed E-state index contributed by atoms with van der Waals surface area (Å²) in [5, 5.41) is 0. The minimum absolute atomic E-state index is 0. The summed E-state index contributed by atoms with van der Waals surface area (Å²) < 4.78 is 35.9. The quantitative estimate of drug-likeness (QED) is 0.735. The van der Waals surface area contributed by atoms with Crippen LogP contribution in [0.25, 0.3) is 0 Å². The molecule has 0 heterocycles. The average molecular weight is 272 g/mol. The molecule has 0 unspecified atom stereocenters. The molecule has 84 valence electrons. The molecule has 0 aliphatic heterocycles. The van der Waals surface area contributed by atoms with Gasteiger partial charge in [0, 0.05) is 5.75 Å². The van der Waals surface area contributed by atoms with Gasteiger partial charge in [-0.3, -0.25) is 0 Å². The third kappa shape index (κ3) is 7.40. The van der Waals surface area contributed by atoms with Gasteiger partial charge in [0.1, 0.15) is 0 Å². The molecule has 0 amide bonds. The average Bonchev–Trinajstić information content (AvgIpc) is 1.99. The Kier molecular flexibility index (Phi) is 7.98. The number of thioether (sulfide) groups is 1. The zero-order chi connectivity index (χ0) is 11.5. The zero-order valence-corrected chi connectivity index (χ0v) is 13.7. The van der Waals surface area contributed by atoms with E-state index in [1.165, 1.54) is 0 Å². The first kappa shape index (κ1) is 17.1. The number of benzene rings is 1. The molecule has 1 aromatic carbocycles. The van der Waals surface area contributed by atoms with E-state index in [-0.39, 0.29) is 51.4 Å². The third-order valence-corrected chi connectivity index (χ3v) is 3.01. The van der Waals surface area contributed by atoms with Gasteiger partial charge >= 0.3 is 58.4 Å². The Morgan fingerprint density at radius 2 is 1.56 bits per heavy atom. The van der Waals surface area contributed by atoms with Crippen molar-refractivity contribution in [1.82, 2.24) is 0 Å². The predicted octanol–water partition coefficient (Wildman–Crippen LogP) is 0.927. The molecule has 0 atom stereocenters. The van der Waals surface area contributed by atoms with Gasteiger partial charge in [-0.2, -0.15) is 11.8 Å². The van der Waals surface area contributed by atoms with Crippen LogP contribution in [-0.2, 0) is 5.75 Å². The standard InChI is InChI=1S/C10H13BF3S.K/c1-8-3-9(2)5-10(4-8)6-15-7-11(12,13)14;/h3-5H,6-7H2,1-2H3;/q-1;+1. The zero-order valence-electron chi connectivity index (χ0n) is 9.77. The molecule has 0 fully saturated rings. The van der Waals surface area contributed by atoms with Gasteiger partial charge in [-0.25, -0.2) is 0 Å². The molecule has 0 aromatic heterocycles. The van der Waals surface area contributed by atoms with Gasteiger partial charge in [0.05, 0.1) is 0 Å². The van der Waals surface area contributed by atoms with Gasteiger partial charge in [0.15, 0.2) is 0 Å². The monoisotopic (exact) mass is 272 g/mol. The van der Waals surface area contributed by atoms with E-state index >= 15 is 0 Å². The normalized spacial score (nSPS) is 11.1. The molecule has 0 bridgehead atoms. The van der Waals surface area contributed by atoms with Crippen LogP contribution in [0.4, 0.5) is 12.9 Å². The largest absolute Gasteiger partial charge is 1.00 e. The molecule has 0 saturated heterocycles. The topological polar surface area (TPSA) is 0 Å². The fourth-order valence-corrected chi connectivity index (χ4v) is 2.25. The van der Waals surface area contributed by atoms with Crippen LogP contribution in [0.5, 0.6) is 0 Å². The number of halogens is 3. The fraction of sp³-hybridized carbons (Fsp3) is 0.400. The van der Waals surface area contributed by atoms with Crippen molar-refractivity contribution in [3.05, 3.63) is 34.9 Å². The Morgan fingerprint density at radius 3 is 2.00 bits per heavy atom. The van der Waals surface area contributed by atoms with E-state index in [4.69, 9.17) is 0 Å². The van der Waals surface area contributed by atoms with Crippen LogP contribution in [0, 0.1) is 13.8 Å². The molecule has 0 saturated carbocycles. The van der Waals surface area contributed by atoms with Crippen LogP contribution in [0.15, 0.2) is 18.2 Å². The Bertz CT molecular complexity index is 321. The van der Waals surface area contributed by atoms with E-state index < -0.39 is 12.6 Å². The summed E-state index contributed by atoms with van der Waals surface area (Å²) >= 11 is 0.933. The minimum Gasteiger partial charge on any atom is -0.448 e. The van der Waals surface area contributed by atoms with Gasteiger partial charge in [0.25, 0.3) is 0 Å². The second kappa shape index (κ2) is 7.49. The van der Waals surface area contributed by atoms with Crippen molar-refractivity contribution in [2.75, 3.05) is 5.65 Å². The summed E-state index contributed by atoms with van der Waals surface area (Å²) in [5.41, 5.74) is 2.45. The van der Waals surface area contributed by atoms with Crippen LogP contribution in [0.1, 0.15) is 16.7 Å². The molecule has 16 heavy (non-hydrogen) atoms. The van der Waals surface area contributed by atoms with Gasteiger partial charge in [-0.1, -0.05) is 29.3 Å². The summed E-state index contributed by atoms with van der Waals surface area (Å²) in [7, 11) is 0. The van der Waals surface area contributed by atoms with Crippen LogP contribution in [-0.4, -0.2) is 12.6 Å². The molecule has 0 nitrogen and oxygen atoms in total. The maximum absolute atomic E-state index is 12.0.